The van der Waals surface area contributed by atoms with Crippen LogP contribution in [0.4, 0.5) is 5.69 Å². The molecule has 0 radical (unpaired) electrons. The van der Waals surface area contributed by atoms with Crippen molar-refractivity contribution >= 4 is 11.6 Å². The second kappa shape index (κ2) is 4.87. The van der Waals surface area contributed by atoms with Gasteiger partial charge in [-0.1, -0.05) is 6.07 Å². The molecular weight excluding hydrogens is 228 g/mol. The molecule has 0 unspecified atom stereocenters. The zero-order chi connectivity index (χ0) is 13.1. The first kappa shape index (κ1) is 12.1. The van der Waals surface area contributed by atoms with Crippen molar-refractivity contribution in [2.75, 3.05) is 5.32 Å². The van der Waals surface area contributed by atoms with Crippen molar-refractivity contribution in [3.8, 4) is 5.75 Å². The number of amides is 1. The number of nitrogens with one attached hydrogen (secondary N) is 1. The van der Waals surface area contributed by atoms with Gasteiger partial charge in [-0.25, -0.2) is 0 Å². The number of benzene rings is 1. The van der Waals surface area contributed by atoms with Gasteiger partial charge in [0.25, 0.3) is 5.91 Å². The smallest absolute Gasteiger partial charge is 0.256 e. The summed E-state index contributed by atoms with van der Waals surface area (Å²) < 4.78 is 0. The van der Waals surface area contributed by atoms with Crippen LogP contribution in [0.5, 0.6) is 5.75 Å². The van der Waals surface area contributed by atoms with Crippen molar-refractivity contribution in [3.05, 3.63) is 53.3 Å². The molecule has 18 heavy (non-hydrogen) atoms. The Hall–Kier alpha value is -2.36. The number of phenolic OH excluding ortho intramolecular Hbond substituents is 1. The summed E-state index contributed by atoms with van der Waals surface area (Å²) in [4.78, 5) is 16.2. The predicted molar refractivity (Wildman–Crippen MR) is 69.8 cm³/mol. The van der Waals surface area contributed by atoms with Crippen LogP contribution in [0.25, 0.3) is 0 Å². The monoisotopic (exact) mass is 242 g/mol. The number of hydrogen-bond acceptors (Lipinski definition) is 3. The second-order valence-electron chi connectivity index (χ2n) is 4.04. The number of aryl methyl sites for hydroxylation is 1. The van der Waals surface area contributed by atoms with Gasteiger partial charge in [0.05, 0.1) is 11.4 Å². The number of aromatic hydroxyl groups is 1. The molecule has 2 aromatic rings. The molecule has 4 heteroatoms. The molecule has 2 rings (SSSR count). The number of carbonyl (C=O) groups is 1. The average Bonchev–Trinajstić information content (AvgIpc) is 2.35. The molecule has 0 saturated carbocycles. The summed E-state index contributed by atoms with van der Waals surface area (Å²) in [6.45, 7) is 3.53. The number of phenols is 1. The summed E-state index contributed by atoms with van der Waals surface area (Å²) in [6.07, 6.45) is 1.67. The third kappa shape index (κ3) is 2.32. The van der Waals surface area contributed by atoms with Crippen LogP contribution in [0.3, 0.4) is 0 Å². The third-order valence-electron chi connectivity index (χ3n) is 2.80. The molecule has 0 saturated heterocycles. The normalized spacial score (nSPS) is 10.1. The summed E-state index contributed by atoms with van der Waals surface area (Å²) in [7, 11) is 0. The summed E-state index contributed by atoms with van der Waals surface area (Å²) in [5, 5.41) is 12.4. The maximum absolute atomic E-state index is 12.1. The summed E-state index contributed by atoms with van der Waals surface area (Å²) in [6, 6.07) is 8.43. The van der Waals surface area contributed by atoms with Gasteiger partial charge in [0.1, 0.15) is 5.75 Å². The molecule has 0 spiro atoms. The number of anilines is 1. The van der Waals surface area contributed by atoms with Crippen LogP contribution in [0, 0.1) is 13.8 Å². The van der Waals surface area contributed by atoms with E-state index in [1.54, 1.807) is 43.5 Å². The fourth-order valence-corrected chi connectivity index (χ4v) is 1.68. The van der Waals surface area contributed by atoms with E-state index in [2.05, 4.69) is 10.3 Å². The van der Waals surface area contributed by atoms with Crippen molar-refractivity contribution in [2.24, 2.45) is 0 Å². The Labute approximate surface area is 105 Å². The summed E-state index contributed by atoms with van der Waals surface area (Å²) in [5.41, 5.74) is 2.45. The van der Waals surface area contributed by atoms with E-state index in [1.165, 1.54) is 0 Å². The number of pyridine rings is 1. The van der Waals surface area contributed by atoms with Crippen molar-refractivity contribution in [3.63, 3.8) is 0 Å². The molecule has 2 N–H and O–H groups in total. The minimum Gasteiger partial charge on any atom is -0.508 e. The molecule has 0 atom stereocenters. The van der Waals surface area contributed by atoms with Gasteiger partial charge in [-0.3, -0.25) is 9.78 Å². The Morgan fingerprint density at radius 1 is 1.22 bits per heavy atom. The van der Waals surface area contributed by atoms with E-state index < -0.39 is 0 Å². The van der Waals surface area contributed by atoms with Gasteiger partial charge >= 0.3 is 0 Å². The lowest BCUT2D eigenvalue weighted by Gasteiger charge is -2.09. The van der Waals surface area contributed by atoms with Crippen LogP contribution in [-0.2, 0) is 0 Å². The zero-order valence-corrected chi connectivity index (χ0v) is 10.3. The van der Waals surface area contributed by atoms with E-state index in [4.69, 9.17) is 0 Å². The van der Waals surface area contributed by atoms with Crippen LogP contribution < -0.4 is 5.32 Å². The van der Waals surface area contributed by atoms with Gasteiger partial charge in [-0.15, -0.1) is 0 Å². The van der Waals surface area contributed by atoms with Crippen LogP contribution >= 0.6 is 0 Å². The Kier molecular flexibility index (Phi) is 3.28. The predicted octanol–water partition coefficient (Wildman–Crippen LogP) is 2.66. The highest BCUT2D eigenvalue weighted by atomic mass is 16.3. The van der Waals surface area contributed by atoms with Crippen LogP contribution in [0.15, 0.2) is 36.5 Å². The van der Waals surface area contributed by atoms with Crippen molar-refractivity contribution in [2.45, 2.75) is 13.8 Å². The maximum atomic E-state index is 12.1. The molecule has 1 aromatic carbocycles. The quantitative estimate of drug-likeness (QED) is 0.851. The fraction of sp³-hybridized carbons (Fsp3) is 0.143. The van der Waals surface area contributed by atoms with Gasteiger partial charge < -0.3 is 10.4 Å². The van der Waals surface area contributed by atoms with Crippen molar-refractivity contribution < 1.29 is 9.90 Å². The largest absolute Gasteiger partial charge is 0.508 e. The molecule has 1 heterocycles. The topological polar surface area (TPSA) is 62.2 Å². The number of carbonyl (C=O) groups excluding carboxylic acids is 1. The molecule has 92 valence electrons. The molecule has 0 aliphatic carbocycles. The van der Waals surface area contributed by atoms with E-state index in [0.717, 1.165) is 5.69 Å². The average molecular weight is 242 g/mol. The molecule has 0 bridgehead atoms. The Balaban J connectivity index is 2.28. The van der Waals surface area contributed by atoms with Crippen LogP contribution in [0.1, 0.15) is 21.6 Å². The van der Waals surface area contributed by atoms with E-state index in [1.807, 2.05) is 6.92 Å². The lowest BCUT2D eigenvalue weighted by Crippen LogP contribution is -2.14. The van der Waals surface area contributed by atoms with E-state index in [-0.39, 0.29) is 11.7 Å². The molecule has 4 nitrogen and oxygen atoms in total. The SMILES string of the molecule is Cc1ncccc1NC(=O)c1cccc(O)c1C. The Bertz CT molecular complexity index is 594. The maximum Gasteiger partial charge on any atom is 0.256 e. The van der Waals surface area contributed by atoms with Crippen molar-refractivity contribution in [1.29, 1.82) is 0 Å². The Morgan fingerprint density at radius 3 is 2.72 bits per heavy atom. The molecule has 1 amide bonds. The standard InChI is InChI=1S/C14H14N2O2/c1-9-11(5-3-7-13(9)17)14(18)16-12-6-4-8-15-10(12)2/h3-8,17H,1-2H3,(H,16,18). The van der Waals surface area contributed by atoms with Gasteiger partial charge in [-0.2, -0.15) is 0 Å². The number of nitrogens with zero attached hydrogens (tertiary/aromatic N) is 1. The Morgan fingerprint density at radius 2 is 2.00 bits per heavy atom. The third-order valence-corrected chi connectivity index (χ3v) is 2.80. The lowest BCUT2D eigenvalue weighted by molar-refractivity contribution is 0.102. The van der Waals surface area contributed by atoms with Gasteiger partial charge in [0.2, 0.25) is 0 Å². The first-order chi connectivity index (χ1) is 8.59. The number of aromatic nitrogens is 1. The van der Waals surface area contributed by atoms with Crippen LogP contribution in [0.2, 0.25) is 0 Å². The molecular formula is C14H14N2O2. The molecule has 0 aliphatic rings. The highest BCUT2D eigenvalue weighted by Gasteiger charge is 2.12. The van der Waals surface area contributed by atoms with Crippen molar-refractivity contribution in [1.82, 2.24) is 4.98 Å². The zero-order valence-electron chi connectivity index (χ0n) is 10.3. The van der Waals surface area contributed by atoms with Gasteiger partial charge in [0, 0.05) is 17.3 Å². The molecule has 0 aliphatic heterocycles. The second-order valence-corrected chi connectivity index (χ2v) is 4.04. The van der Waals surface area contributed by atoms with E-state index >= 15 is 0 Å². The van der Waals surface area contributed by atoms with Gasteiger partial charge in [0.15, 0.2) is 0 Å². The van der Waals surface area contributed by atoms with Crippen LogP contribution in [-0.4, -0.2) is 16.0 Å². The lowest BCUT2D eigenvalue weighted by atomic mass is 10.1. The minimum atomic E-state index is -0.250. The number of rotatable bonds is 2. The first-order valence-electron chi connectivity index (χ1n) is 5.61. The molecule has 0 fully saturated rings. The number of hydrogen-bond donors (Lipinski definition) is 2. The fourth-order valence-electron chi connectivity index (χ4n) is 1.68. The minimum absolute atomic E-state index is 0.116. The summed E-state index contributed by atoms with van der Waals surface area (Å²) >= 11 is 0. The summed E-state index contributed by atoms with van der Waals surface area (Å²) in [5.74, 6) is -0.134. The van der Waals surface area contributed by atoms with Gasteiger partial charge in [-0.05, 0) is 38.1 Å². The van der Waals surface area contributed by atoms with E-state index in [9.17, 15) is 9.90 Å². The molecule has 1 aromatic heterocycles. The highest BCUT2D eigenvalue weighted by molar-refractivity contribution is 6.05. The van der Waals surface area contributed by atoms with E-state index in [0.29, 0.717) is 16.8 Å². The highest BCUT2D eigenvalue weighted by Crippen LogP contribution is 2.21. The first-order valence-corrected chi connectivity index (χ1v) is 5.61.